The van der Waals surface area contributed by atoms with Gasteiger partial charge in [-0.3, -0.25) is 14.9 Å². The molecule has 0 aromatic heterocycles. The van der Waals surface area contributed by atoms with E-state index in [4.69, 9.17) is 16.3 Å². The first-order valence-electron chi connectivity index (χ1n) is 6.84. The monoisotopic (exact) mass is 348 g/mol. The topological polar surface area (TPSA) is 98.5 Å². The lowest BCUT2D eigenvalue weighted by atomic mass is 10.1. The van der Waals surface area contributed by atoms with Crippen molar-refractivity contribution in [3.05, 3.63) is 68.7 Å². The van der Waals surface area contributed by atoms with Crippen LogP contribution in [0.2, 0.25) is 5.02 Å². The summed E-state index contributed by atoms with van der Waals surface area (Å²) in [6.07, 6.45) is 0. The second-order valence-corrected chi connectivity index (χ2v) is 5.35. The molecule has 0 fully saturated rings. The van der Waals surface area contributed by atoms with Crippen LogP contribution in [-0.4, -0.2) is 23.4 Å². The Morgan fingerprint density at radius 2 is 2.00 bits per heavy atom. The maximum Gasteiger partial charge on any atom is 0.338 e. The predicted molar refractivity (Wildman–Crippen MR) is 88.2 cm³/mol. The van der Waals surface area contributed by atoms with Gasteiger partial charge >= 0.3 is 5.97 Å². The third-order valence-corrected chi connectivity index (χ3v) is 3.25. The SMILES string of the molecule is Cc1cccc(C(=O)OCC(=O)Nc2cc(Cl)ccc2[N+](=O)[O-])c1. The number of hydrogen-bond acceptors (Lipinski definition) is 5. The minimum absolute atomic E-state index is 0.0656. The Kier molecular flexibility index (Phi) is 5.49. The molecule has 124 valence electrons. The third kappa shape index (κ3) is 4.53. The summed E-state index contributed by atoms with van der Waals surface area (Å²) in [5, 5.41) is 13.5. The van der Waals surface area contributed by atoms with Crippen molar-refractivity contribution in [2.24, 2.45) is 0 Å². The minimum atomic E-state index is -0.707. The number of nitro groups is 1. The van der Waals surface area contributed by atoms with Crippen molar-refractivity contribution in [3.8, 4) is 0 Å². The van der Waals surface area contributed by atoms with Gasteiger partial charge in [0.2, 0.25) is 0 Å². The molecule has 0 unspecified atom stereocenters. The van der Waals surface area contributed by atoms with Crippen LogP contribution in [0.1, 0.15) is 15.9 Å². The highest BCUT2D eigenvalue weighted by Gasteiger charge is 2.17. The van der Waals surface area contributed by atoms with Gasteiger partial charge in [0, 0.05) is 11.1 Å². The molecule has 8 heteroatoms. The number of carbonyl (C=O) groups is 2. The Morgan fingerprint density at radius 1 is 1.25 bits per heavy atom. The second kappa shape index (κ2) is 7.56. The maximum absolute atomic E-state index is 11.9. The molecular formula is C16H13ClN2O5. The summed E-state index contributed by atoms with van der Waals surface area (Å²) in [6.45, 7) is 1.25. The summed E-state index contributed by atoms with van der Waals surface area (Å²) >= 11 is 5.77. The molecule has 0 bridgehead atoms. The van der Waals surface area contributed by atoms with E-state index in [1.807, 2.05) is 13.0 Å². The van der Waals surface area contributed by atoms with E-state index in [1.54, 1.807) is 18.2 Å². The number of halogens is 1. The van der Waals surface area contributed by atoms with E-state index in [1.165, 1.54) is 18.2 Å². The number of amides is 1. The first-order chi connectivity index (χ1) is 11.4. The highest BCUT2D eigenvalue weighted by atomic mass is 35.5. The molecule has 7 nitrogen and oxygen atoms in total. The Hall–Kier alpha value is -2.93. The first-order valence-corrected chi connectivity index (χ1v) is 7.22. The van der Waals surface area contributed by atoms with Crippen LogP contribution in [0.5, 0.6) is 0 Å². The van der Waals surface area contributed by atoms with Gasteiger partial charge in [0.1, 0.15) is 5.69 Å². The average molecular weight is 349 g/mol. The summed E-state index contributed by atoms with van der Waals surface area (Å²) in [5.41, 5.74) is 0.821. The van der Waals surface area contributed by atoms with Gasteiger partial charge in [0.05, 0.1) is 10.5 Å². The van der Waals surface area contributed by atoms with Gasteiger partial charge in [-0.1, -0.05) is 29.3 Å². The summed E-state index contributed by atoms with van der Waals surface area (Å²) in [5.74, 6) is -1.36. The van der Waals surface area contributed by atoms with Crippen molar-refractivity contribution in [2.45, 2.75) is 6.92 Å². The van der Waals surface area contributed by atoms with Gasteiger partial charge in [-0.15, -0.1) is 0 Å². The summed E-state index contributed by atoms with van der Waals surface area (Å²) < 4.78 is 4.89. The zero-order valence-corrected chi connectivity index (χ0v) is 13.4. The molecule has 0 saturated heterocycles. The molecule has 0 radical (unpaired) electrons. The van der Waals surface area contributed by atoms with E-state index in [0.29, 0.717) is 5.56 Å². The van der Waals surface area contributed by atoms with Crippen LogP contribution in [0.4, 0.5) is 11.4 Å². The van der Waals surface area contributed by atoms with Gasteiger partial charge in [-0.25, -0.2) is 4.79 Å². The van der Waals surface area contributed by atoms with Crippen molar-refractivity contribution in [1.29, 1.82) is 0 Å². The van der Waals surface area contributed by atoms with Crippen molar-refractivity contribution >= 4 is 34.9 Å². The molecule has 2 aromatic carbocycles. The number of ether oxygens (including phenoxy) is 1. The molecule has 0 spiro atoms. The smallest absolute Gasteiger partial charge is 0.338 e. The number of anilines is 1. The van der Waals surface area contributed by atoms with Crippen LogP contribution in [-0.2, 0) is 9.53 Å². The maximum atomic E-state index is 11.9. The molecule has 0 saturated carbocycles. The van der Waals surface area contributed by atoms with E-state index in [-0.39, 0.29) is 16.4 Å². The molecule has 2 rings (SSSR count). The van der Waals surface area contributed by atoms with Gasteiger partial charge in [0.25, 0.3) is 11.6 Å². The average Bonchev–Trinajstić information content (AvgIpc) is 2.52. The van der Waals surface area contributed by atoms with E-state index >= 15 is 0 Å². The first kappa shape index (κ1) is 17.4. The van der Waals surface area contributed by atoms with Crippen LogP contribution in [0.25, 0.3) is 0 Å². The van der Waals surface area contributed by atoms with Crippen LogP contribution < -0.4 is 5.32 Å². The molecule has 1 N–H and O–H groups in total. The predicted octanol–water partition coefficient (Wildman–Crippen LogP) is 3.35. The summed E-state index contributed by atoms with van der Waals surface area (Å²) in [6, 6.07) is 10.5. The van der Waals surface area contributed by atoms with Gasteiger partial charge in [-0.2, -0.15) is 0 Å². The number of esters is 1. The van der Waals surface area contributed by atoms with E-state index < -0.39 is 23.4 Å². The van der Waals surface area contributed by atoms with E-state index in [0.717, 1.165) is 5.56 Å². The number of nitrogens with one attached hydrogen (secondary N) is 1. The van der Waals surface area contributed by atoms with Gasteiger partial charge in [0.15, 0.2) is 6.61 Å². The molecule has 0 aliphatic carbocycles. The Balaban J connectivity index is 2.00. The molecule has 1 amide bonds. The fourth-order valence-electron chi connectivity index (χ4n) is 1.94. The Morgan fingerprint density at radius 3 is 2.67 bits per heavy atom. The summed E-state index contributed by atoms with van der Waals surface area (Å²) in [7, 11) is 0. The van der Waals surface area contributed by atoms with Crippen molar-refractivity contribution < 1.29 is 19.2 Å². The minimum Gasteiger partial charge on any atom is -0.452 e. The lowest BCUT2D eigenvalue weighted by Crippen LogP contribution is -2.21. The molecule has 0 aliphatic rings. The van der Waals surface area contributed by atoms with Gasteiger partial charge in [-0.05, 0) is 31.2 Å². The molecule has 0 atom stereocenters. The number of hydrogen-bond donors (Lipinski definition) is 1. The third-order valence-electron chi connectivity index (χ3n) is 3.02. The highest BCUT2D eigenvalue weighted by molar-refractivity contribution is 6.31. The van der Waals surface area contributed by atoms with Crippen molar-refractivity contribution in [3.63, 3.8) is 0 Å². The van der Waals surface area contributed by atoms with Crippen LogP contribution >= 0.6 is 11.6 Å². The Labute approximate surface area is 142 Å². The number of benzene rings is 2. The largest absolute Gasteiger partial charge is 0.452 e. The second-order valence-electron chi connectivity index (χ2n) is 4.91. The zero-order valence-electron chi connectivity index (χ0n) is 12.6. The fraction of sp³-hybridized carbons (Fsp3) is 0.125. The molecule has 24 heavy (non-hydrogen) atoms. The highest BCUT2D eigenvalue weighted by Crippen LogP contribution is 2.27. The van der Waals surface area contributed by atoms with Gasteiger partial charge < -0.3 is 10.1 Å². The van der Waals surface area contributed by atoms with E-state index in [9.17, 15) is 19.7 Å². The quantitative estimate of drug-likeness (QED) is 0.507. The molecule has 0 heterocycles. The molecule has 0 aliphatic heterocycles. The van der Waals surface area contributed by atoms with E-state index in [2.05, 4.69) is 5.32 Å². The van der Waals surface area contributed by atoms with Crippen LogP contribution in [0.3, 0.4) is 0 Å². The van der Waals surface area contributed by atoms with Crippen molar-refractivity contribution in [2.75, 3.05) is 11.9 Å². The Bertz CT molecular complexity index is 807. The lowest BCUT2D eigenvalue weighted by molar-refractivity contribution is -0.383. The zero-order chi connectivity index (χ0) is 17.7. The number of nitrogens with zero attached hydrogens (tertiary/aromatic N) is 1. The van der Waals surface area contributed by atoms with Crippen LogP contribution in [0.15, 0.2) is 42.5 Å². The molecule has 2 aromatic rings. The number of aryl methyl sites for hydroxylation is 1. The summed E-state index contributed by atoms with van der Waals surface area (Å²) in [4.78, 5) is 34.0. The van der Waals surface area contributed by atoms with Crippen molar-refractivity contribution in [1.82, 2.24) is 0 Å². The lowest BCUT2D eigenvalue weighted by Gasteiger charge is -2.08. The fourth-order valence-corrected chi connectivity index (χ4v) is 2.11. The molecular weight excluding hydrogens is 336 g/mol. The number of rotatable bonds is 5. The number of carbonyl (C=O) groups excluding carboxylic acids is 2. The van der Waals surface area contributed by atoms with Crippen LogP contribution in [0, 0.1) is 17.0 Å². The number of nitro benzene ring substituents is 1. The normalized spacial score (nSPS) is 10.1. The standard InChI is InChI=1S/C16H13ClN2O5/c1-10-3-2-4-11(7-10)16(21)24-9-15(20)18-13-8-12(17)5-6-14(13)19(22)23/h2-8H,9H2,1H3,(H,18,20).